The number of hydrogen-bond donors (Lipinski definition) is 2. The van der Waals surface area contributed by atoms with Crippen LogP contribution in [0.3, 0.4) is 0 Å². The van der Waals surface area contributed by atoms with Crippen molar-refractivity contribution in [2.24, 2.45) is 0 Å². The Labute approximate surface area is 215 Å². The van der Waals surface area contributed by atoms with Gasteiger partial charge in [-0.15, -0.1) is 0 Å². The molecule has 0 saturated heterocycles. The molecule has 2 N–H and O–H groups in total. The van der Waals surface area contributed by atoms with E-state index in [0.717, 1.165) is 0 Å². The summed E-state index contributed by atoms with van der Waals surface area (Å²) in [6, 6.07) is 35.2. The van der Waals surface area contributed by atoms with Crippen LogP contribution in [-0.4, -0.2) is 27.8 Å². The summed E-state index contributed by atoms with van der Waals surface area (Å²) in [5.41, 5.74) is 1.29. The first-order valence-electron chi connectivity index (χ1n) is 10.7. The van der Waals surface area contributed by atoms with Crippen molar-refractivity contribution in [1.29, 1.82) is 0 Å². The fraction of sp³-hybridized carbons (Fsp3) is 0.143. The van der Waals surface area contributed by atoms with Gasteiger partial charge >= 0.3 is 0 Å². The summed E-state index contributed by atoms with van der Waals surface area (Å²) in [4.78, 5) is 0. The third kappa shape index (κ3) is 9.91. The summed E-state index contributed by atoms with van der Waals surface area (Å²) in [5.74, 6) is 0.350. The zero-order valence-corrected chi connectivity index (χ0v) is 25.0. The molecule has 0 amide bonds. The molecule has 0 aliphatic carbocycles. The maximum absolute atomic E-state index is 9.58. The van der Waals surface area contributed by atoms with E-state index in [1.54, 1.807) is 36.4 Å². The minimum absolute atomic E-state index is 0. The quantitative estimate of drug-likeness (QED) is 0.322. The molecule has 5 heteroatoms. The molecule has 2 radical (unpaired) electrons. The van der Waals surface area contributed by atoms with Crippen LogP contribution in [0.25, 0.3) is 11.1 Å². The normalized spacial score (nSPS) is 9.76. The molecular weight excluding hydrogens is 490 g/mol. The van der Waals surface area contributed by atoms with E-state index >= 15 is 0 Å². The molecule has 4 aromatic rings. The second-order valence-corrected chi connectivity index (χ2v) is 12.9. The van der Waals surface area contributed by atoms with Gasteiger partial charge in [0.05, 0.1) is 17.6 Å². The standard InChI is InChI=1S/C12H10O2.2C8H11Si.Zn/c13-11-7-3-1-5-9(11)10-6-2-4-8-12(10)14;2*1-9(2)8-6-4-3-5-7-8;/h1-8,13-14H;2*3-7H,1-2H3;. The van der Waals surface area contributed by atoms with Gasteiger partial charge in [0.1, 0.15) is 11.5 Å². The van der Waals surface area contributed by atoms with E-state index in [1.807, 2.05) is 12.1 Å². The predicted molar refractivity (Wildman–Crippen MR) is 142 cm³/mol. The van der Waals surface area contributed by atoms with Crippen molar-refractivity contribution in [3.05, 3.63) is 109 Å². The van der Waals surface area contributed by atoms with Crippen molar-refractivity contribution in [2.45, 2.75) is 26.2 Å². The average molecular weight is 522 g/mol. The van der Waals surface area contributed by atoms with E-state index in [4.69, 9.17) is 0 Å². The van der Waals surface area contributed by atoms with Crippen molar-refractivity contribution in [2.75, 3.05) is 0 Å². The summed E-state index contributed by atoms with van der Waals surface area (Å²) in [7, 11) is -0.424. The van der Waals surface area contributed by atoms with Gasteiger partial charge in [-0.1, -0.05) is 134 Å². The van der Waals surface area contributed by atoms with Gasteiger partial charge in [0.2, 0.25) is 0 Å². The summed E-state index contributed by atoms with van der Waals surface area (Å²) >= 11 is 0. The second-order valence-electron chi connectivity index (χ2n) is 7.77. The van der Waals surface area contributed by atoms with E-state index in [1.165, 1.54) is 10.4 Å². The topological polar surface area (TPSA) is 40.5 Å². The second kappa shape index (κ2) is 15.4. The minimum atomic E-state index is -0.212. The number of para-hydroxylation sites is 2. The minimum Gasteiger partial charge on any atom is -0.507 e. The molecule has 33 heavy (non-hydrogen) atoms. The summed E-state index contributed by atoms with van der Waals surface area (Å²) < 4.78 is 0. The Morgan fingerprint density at radius 3 is 0.939 bits per heavy atom. The Bertz CT molecular complexity index is 968. The Morgan fingerprint density at radius 1 is 0.424 bits per heavy atom. The van der Waals surface area contributed by atoms with Crippen LogP contribution in [0.5, 0.6) is 11.5 Å². The van der Waals surface area contributed by atoms with Gasteiger partial charge in [-0.2, -0.15) is 0 Å². The Balaban J connectivity index is 0.000000254. The zero-order valence-electron chi connectivity index (χ0n) is 20.0. The average Bonchev–Trinajstić information content (AvgIpc) is 2.82. The van der Waals surface area contributed by atoms with E-state index in [-0.39, 0.29) is 48.6 Å². The first-order valence-corrected chi connectivity index (χ1v) is 15.7. The van der Waals surface area contributed by atoms with Crippen LogP contribution in [0.1, 0.15) is 0 Å². The predicted octanol–water partition coefficient (Wildman–Crippen LogP) is 6.06. The Morgan fingerprint density at radius 2 is 0.697 bits per heavy atom. The molecule has 4 rings (SSSR count). The van der Waals surface area contributed by atoms with Crippen LogP contribution in [-0.2, 0) is 19.5 Å². The van der Waals surface area contributed by atoms with E-state index in [9.17, 15) is 10.2 Å². The first kappa shape index (κ1) is 28.6. The van der Waals surface area contributed by atoms with Crippen LogP contribution in [0, 0.1) is 0 Å². The molecule has 0 unspecified atom stereocenters. The molecule has 0 aliphatic heterocycles. The fourth-order valence-corrected chi connectivity index (χ4v) is 4.66. The molecule has 0 heterocycles. The zero-order chi connectivity index (χ0) is 23.3. The number of phenolic OH excluding ortho intramolecular Hbond substituents is 2. The van der Waals surface area contributed by atoms with Gasteiger partial charge in [-0.05, 0) is 12.1 Å². The Hall–Kier alpha value is -2.46. The van der Waals surface area contributed by atoms with Gasteiger partial charge in [0, 0.05) is 30.6 Å². The molecule has 0 aliphatic rings. The summed E-state index contributed by atoms with van der Waals surface area (Å²) in [6.07, 6.45) is 0. The van der Waals surface area contributed by atoms with E-state index < -0.39 is 0 Å². The van der Waals surface area contributed by atoms with E-state index in [0.29, 0.717) is 11.1 Å². The van der Waals surface area contributed by atoms with Crippen molar-refractivity contribution in [1.82, 2.24) is 0 Å². The van der Waals surface area contributed by atoms with Crippen LogP contribution >= 0.6 is 0 Å². The van der Waals surface area contributed by atoms with Crippen LogP contribution < -0.4 is 10.4 Å². The monoisotopic (exact) mass is 520 g/mol. The smallest absolute Gasteiger partial charge is 0.123 e. The van der Waals surface area contributed by atoms with Crippen molar-refractivity contribution >= 4 is 28.0 Å². The molecule has 166 valence electrons. The van der Waals surface area contributed by atoms with Crippen molar-refractivity contribution < 1.29 is 29.7 Å². The van der Waals surface area contributed by atoms with Crippen molar-refractivity contribution in [3.63, 3.8) is 0 Å². The Kier molecular flexibility index (Phi) is 13.3. The number of rotatable bonds is 3. The third-order valence-corrected chi connectivity index (χ3v) is 7.78. The summed E-state index contributed by atoms with van der Waals surface area (Å²) in [6.45, 7) is 9.22. The van der Waals surface area contributed by atoms with Crippen LogP contribution in [0.15, 0.2) is 109 Å². The first-order chi connectivity index (χ1) is 15.4. The molecule has 0 bridgehead atoms. The number of hydrogen-bond acceptors (Lipinski definition) is 2. The largest absolute Gasteiger partial charge is 0.507 e. The van der Waals surface area contributed by atoms with Gasteiger partial charge in [0.25, 0.3) is 0 Å². The molecule has 0 atom stereocenters. The number of aromatic hydroxyl groups is 2. The van der Waals surface area contributed by atoms with Gasteiger partial charge in [-0.25, -0.2) is 0 Å². The van der Waals surface area contributed by atoms with Crippen LogP contribution in [0.4, 0.5) is 0 Å². The number of phenols is 2. The van der Waals surface area contributed by atoms with Gasteiger partial charge in [-0.3, -0.25) is 0 Å². The van der Waals surface area contributed by atoms with Gasteiger partial charge < -0.3 is 10.2 Å². The number of benzene rings is 4. The summed E-state index contributed by atoms with van der Waals surface area (Å²) in [5, 5.41) is 22.2. The molecule has 4 aromatic carbocycles. The fourth-order valence-electron chi connectivity index (χ4n) is 2.95. The van der Waals surface area contributed by atoms with Crippen LogP contribution in [0.2, 0.25) is 26.2 Å². The van der Waals surface area contributed by atoms with Gasteiger partial charge in [0.15, 0.2) is 0 Å². The SMILES string of the molecule is C[Si](C)c1ccccc1.C[Si](C)c1ccccc1.Oc1ccccc1-c1ccccc1O.[Zn]. The van der Waals surface area contributed by atoms with E-state index in [2.05, 4.69) is 86.9 Å². The van der Waals surface area contributed by atoms with Crippen molar-refractivity contribution in [3.8, 4) is 22.6 Å². The molecule has 2 nitrogen and oxygen atoms in total. The molecular formula is C28H32O2Si2Zn. The maximum Gasteiger partial charge on any atom is 0.123 e. The maximum atomic E-state index is 9.58. The molecule has 0 saturated carbocycles. The molecule has 0 aromatic heterocycles. The molecule has 0 fully saturated rings. The molecule has 0 spiro atoms. The third-order valence-electron chi connectivity index (χ3n) is 4.80.